The Morgan fingerprint density at radius 1 is 1.65 bits per heavy atom. The zero-order valence-corrected chi connectivity index (χ0v) is 12.9. The summed E-state index contributed by atoms with van der Waals surface area (Å²) in [6.07, 6.45) is 5.45. The third-order valence-corrected chi connectivity index (χ3v) is 4.44. The highest BCUT2D eigenvalue weighted by molar-refractivity contribution is 7.99. The van der Waals surface area contributed by atoms with E-state index in [2.05, 4.69) is 23.4 Å². The van der Waals surface area contributed by atoms with Crippen LogP contribution >= 0.6 is 11.8 Å². The van der Waals surface area contributed by atoms with Crippen molar-refractivity contribution < 1.29 is 14.6 Å². The molecule has 0 spiro atoms. The maximum Gasteiger partial charge on any atom is 0.313 e. The highest BCUT2D eigenvalue weighted by Crippen LogP contribution is 2.25. The number of rotatable bonds is 7. The van der Waals surface area contributed by atoms with Gasteiger partial charge in [-0.2, -0.15) is 0 Å². The molecule has 6 heteroatoms. The van der Waals surface area contributed by atoms with E-state index in [9.17, 15) is 4.79 Å². The van der Waals surface area contributed by atoms with Crippen molar-refractivity contribution in [1.82, 2.24) is 9.55 Å². The molecule has 2 rings (SSSR count). The minimum Gasteiger partial charge on any atom is -0.481 e. The normalized spacial score (nSPS) is 18.9. The third-order valence-electron chi connectivity index (χ3n) is 3.46. The first-order valence-electron chi connectivity index (χ1n) is 7.09. The molecule has 0 bridgehead atoms. The maximum atomic E-state index is 10.7. The molecule has 112 valence electrons. The second kappa shape index (κ2) is 7.13. The summed E-state index contributed by atoms with van der Waals surface area (Å²) in [5.41, 5.74) is 1.16. The van der Waals surface area contributed by atoms with Crippen molar-refractivity contribution in [2.45, 2.75) is 56.8 Å². The Morgan fingerprint density at radius 2 is 2.45 bits per heavy atom. The van der Waals surface area contributed by atoms with Gasteiger partial charge >= 0.3 is 5.97 Å². The number of carboxylic acids is 1. The van der Waals surface area contributed by atoms with Gasteiger partial charge in [0.05, 0.1) is 11.9 Å². The summed E-state index contributed by atoms with van der Waals surface area (Å²) >= 11 is 1.29. The first kappa shape index (κ1) is 15.4. The lowest BCUT2D eigenvalue weighted by molar-refractivity contribution is -0.133. The highest BCUT2D eigenvalue weighted by atomic mass is 32.2. The minimum atomic E-state index is -0.810. The molecule has 1 atom stereocenters. The molecule has 1 aromatic heterocycles. The topological polar surface area (TPSA) is 64.3 Å². The van der Waals surface area contributed by atoms with E-state index in [1.165, 1.54) is 11.8 Å². The van der Waals surface area contributed by atoms with Crippen molar-refractivity contribution in [1.29, 1.82) is 0 Å². The maximum absolute atomic E-state index is 10.7. The predicted molar refractivity (Wildman–Crippen MR) is 78.3 cm³/mol. The number of carboxylic acid groups (broad SMARTS) is 1. The van der Waals surface area contributed by atoms with E-state index in [-0.39, 0.29) is 5.75 Å². The predicted octanol–water partition coefficient (Wildman–Crippen LogP) is 2.75. The van der Waals surface area contributed by atoms with Crippen LogP contribution in [0, 0.1) is 0 Å². The van der Waals surface area contributed by atoms with E-state index in [4.69, 9.17) is 9.84 Å². The lowest BCUT2D eigenvalue weighted by Crippen LogP contribution is -2.13. The number of nitrogens with zero attached hydrogens (tertiary/aromatic N) is 2. The molecule has 1 saturated heterocycles. The summed E-state index contributed by atoms with van der Waals surface area (Å²) < 4.78 is 7.81. The molecule has 20 heavy (non-hydrogen) atoms. The average Bonchev–Trinajstić information content (AvgIpc) is 3.03. The van der Waals surface area contributed by atoms with Crippen LogP contribution in [0.1, 0.15) is 44.7 Å². The zero-order chi connectivity index (χ0) is 14.5. The van der Waals surface area contributed by atoms with Gasteiger partial charge in [-0.25, -0.2) is 4.98 Å². The Kier molecular flexibility index (Phi) is 5.48. The van der Waals surface area contributed by atoms with Gasteiger partial charge in [-0.3, -0.25) is 4.79 Å². The molecule has 1 aliphatic heterocycles. The fourth-order valence-electron chi connectivity index (χ4n) is 2.44. The number of hydrogen-bond donors (Lipinski definition) is 1. The number of aliphatic carboxylic acids is 1. The quantitative estimate of drug-likeness (QED) is 0.784. The van der Waals surface area contributed by atoms with Gasteiger partial charge in [-0.05, 0) is 25.2 Å². The number of carbonyl (C=O) groups is 1. The van der Waals surface area contributed by atoms with Crippen LogP contribution in [0.5, 0.6) is 0 Å². The molecule has 1 aromatic rings. The Morgan fingerprint density at radius 3 is 3.05 bits per heavy atom. The number of ether oxygens (including phenoxy) is 1. The fourth-order valence-corrected chi connectivity index (χ4v) is 3.18. The number of hydrogen-bond acceptors (Lipinski definition) is 4. The van der Waals surface area contributed by atoms with E-state index in [0.29, 0.717) is 12.0 Å². The van der Waals surface area contributed by atoms with Crippen molar-refractivity contribution in [2.75, 3.05) is 12.4 Å². The molecule has 0 aliphatic carbocycles. The van der Waals surface area contributed by atoms with Crippen molar-refractivity contribution in [3.05, 3.63) is 11.9 Å². The molecule has 0 amide bonds. The Bertz CT molecular complexity index is 453. The van der Waals surface area contributed by atoms with Gasteiger partial charge < -0.3 is 14.4 Å². The molecule has 5 nitrogen and oxygen atoms in total. The van der Waals surface area contributed by atoms with Gasteiger partial charge in [-0.15, -0.1) is 0 Å². The first-order valence-corrected chi connectivity index (χ1v) is 8.08. The van der Waals surface area contributed by atoms with E-state index in [1.807, 2.05) is 6.20 Å². The largest absolute Gasteiger partial charge is 0.481 e. The summed E-state index contributed by atoms with van der Waals surface area (Å²) in [7, 11) is 0. The Hall–Kier alpha value is -1.01. The molecule has 2 heterocycles. The molecular weight excluding hydrogens is 276 g/mol. The van der Waals surface area contributed by atoms with Crippen LogP contribution in [0.2, 0.25) is 0 Å². The van der Waals surface area contributed by atoms with Gasteiger partial charge in [0, 0.05) is 25.0 Å². The summed E-state index contributed by atoms with van der Waals surface area (Å²) in [4.78, 5) is 15.1. The fraction of sp³-hybridized carbons (Fsp3) is 0.714. The van der Waals surface area contributed by atoms with Crippen LogP contribution in [-0.2, 0) is 16.1 Å². The first-order chi connectivity index (χ1) is 9.58. The molecule has 0 saturated carbocycles. The van der Waals surface area contributed by atoms with Crippen LogP contribution in [-0.4, -0.2) is 39.1 Å². The average molecular weight is 298 g/mol. The van der Waals surface area contributed by atoms with Gasteiger partial charge in [0.2, 0.25) is 0 Å². The van der Waals surface area contributed by atoms with Crippen molar-refractivity contribution in [3.8, 4) is 0 Å². The van der Waals surface area contributed by atoms with Crippen LogP contribution in [0.4, 0.5) is 0 Å². The molecule has 1 fully saturated rings. The summed E-state index contributed by atoms with van der Waals surface area (Å²) in [5.74, 6) is -0.380. The SMILES string of the molecule is CC(C)c1cnc(SCC(=O)O)n1CCC1CCCO1. The highest BCUT2D eigenvalue weighted by Gasteiger charge is 2.19. The van der Waals surface area contributed by atoms with Crippen molar-refractivity contribution in [3.63, 3.8) is 0 Å². The third kappa shape index (κ3) is 3.99. The summed E-state index contributed by atoms with van der Waals surface area (Å²) in [6.45, 7) is 5.98. The van der Waals surface area contributed by atoms with E-state index in [1.54, 1.807) is 0 Å². The second-order valence-electron chi connectivity index (χ2n) is 5.38. The Labute approximate surface area is 123 Å². The zero-order valence-electron chi connectivity index (χ0n) is 12.0. The van der Waals surface area contributed by atoms with Crippen LogP contribution in [0.25, 0.3) is 0 Å². The van der Waals surface area contributed by atoms with Gasteiger partial charge in [0.1, 0.15) is 0 Å². The van der Waals surface area contributed by atoms with Gasteiger partial charge in [0.15, 0.2) is 5.16 Å². The van der Waals surface area contributed by atoms with Crippen LogP contribution in [0.3, 0.4) is 0 Å². The Balaban J connectivity index is 2.04. The number of imidazole rings is 1. The smallest absolute Gasteiger partial charge is 0.313 e. The number of aromatic nitrogens is 2. The second-order valence-corrected chi connectivity index (χ2v) is 6.32. The van der Waals surface area contributed by atoms with Crippen LogP contribution in [0.15, 0.2) is 11.4 Å². The minimum absolute atomic E-state index is 0.0501. The van der Waals surface area contributed by atoms with Crippen molar-refractivity contribution >= 4 is 17.7 Å². The molecule has 1 unspecified atom stereocenters. The molecule has 1 N–H and O–H groups in total. The summed E-state index contributed by atoms with van der Waals surface area (Å²) in [5, 5.41) is 9.61. The molecular formula is C14H22N2O3S. The lowest BCUT2D eigenvalue weighted by atomic mass is 10.1. The van der Waals surface area contributed by atoms with E-state index in [0.717, 1.165) is 43.3 Å². The number of thioether (sulfide) groups is 1. The van der Waals surface area contributed by atoms with Gasteiger partial charge in [0.25, 0.3) is 0 Å². The monoisotopic (exact) mass is 298 g/mol. The van der Waals surface area contributed by atoms with E-state index < -0.39 is 5.97 Å². The summed E-state index contributed by atoms with van der Waals surface area (Å²) in [6, 6.07) is 0. The molecule has 1 aliphatic rings. The molecule has 0 aromatic carbocycles. The standard InChI is InChI=1S/C14H22N2O3S/c1-10(2)12-8-15-14(20-9-13(17)18)16(12)6-5-11-4-3-7-19-11/h8,10-11H,3-7,9H2,1-2H3,(H,17,18). The lowest BCUT2D eigenvalue weighted by Gasteiger charge is -2.16. The van der Waals surface area contributed by atoms with Crippen LogP contribution < -0.4 is 0 Å². The van der Waals surface area contributed by atoms with E-state index >= 15 is 0 Å². The molecule has 0 radical (unpaired) electrons. The van der Waals surface area contributed by atoms with Crippen molar-refractivity contribution in [2.24, 2.45) is 0 Å². The van der Waals surface area contributed by atoms with Gasteiger partial charge in [-0.1, -0.05) is 25.6 Å².